The lowest BCUT2D eigenvalue weighted by Crippen LogP contribution is -2.26. The highest BCUT2D eigenvalue weighted by molar-refractivity contribution is 6.30. The molecule has 0 aliphatic heterocycles. The molecule has 2 N–H and O–H groups in total. The number of aromatic amines is 1. The highest BCUT2D eigenvalue weighted by atomic mass is 35.5. The molecule has 6 nitrogen and oxygen atoms in total. The van der Waals surface area contributed by atoms with Crippen LogP contribution in [0.3, 0.4) is 0 Å². The van der Waals surface area contributed by atoms with Crippen molar-refractivity contribution in [3.8, 4) is 22.8 Å². The molecule has 140 valence electrons. The molecule has 2 aromatic carbocycles. The van der Waals surface area contributed by atoms with E-state index in [2.05, 4.69) is 15.5 Å². The molecule has 0 saturated carbocycles. The Bertz CT molecular complexity index is 938. The van der Waals surface area contributed by atoms with E-state index in [4.69, 9.17) is 21.1 Å². The Morgan fingerprint density at radius 2 is 1.81 bits per heavy atom. The summed E-state index contributed by atoms with van der Waals surface area (Å²) in [5, 5.41) is 10.5. The van der Waals surface area contributed by atoms with Gasteiger partial charge in [0.1, 0.15) is 0 Å². The summed E-state index contributed by atoms with van der Waals surface area (Å²) in [5.74, 6) is 1.02. The maximum Gasteiger partial charge on any atom is 0.255 e. The van der Waals surface area contributed by atoms with Crippen LogP contribution in [0.2, 0.25) is 5.02 Å². The molecule has 0 spiro atoms. The number of hydrogen-bond donors (Lipinski definition) is 2. The second-order valence-electron chi connectivity index (χ2n) is 5.98. The molecule has 7 heteroatoms. The summed E-state index contributed by atoms with van der Waals surface area (Å²) in [6.45, 7) is 1.90. The van der Waals surface area contributed by atoms with E-state index in [9.17, 15) is 4.79 Å². The van der Waals surface area contributed by atoms with Gasteiger partial charge < -0.3 is 14.8 Å². The van der Waals surface area contributed by atoms with Crippen molar-refractivity contribution in [2.75, 3.05) is 14.2 Å². The zero-order chi connectivity index (χ0) is 19.4. The largest absolute Gasteiger partial charge is 0.493 e. The van der Waals surface area contributed by atoms with Gasteiger partial charge in [0.25, 0.3) is 5.91 Å². The molecule has 0 radical (unpaired) electrons. The van der Waals surface area contributed by atoms with Crippen molar-refractivity contribution in [2.24, 2.45) is 0 Å². The summed E-state index contributed by atoms with van der Waals surface area (Å²) in [5.41, 5.74) is 2.84. The number of halogens is 1. The smallest absolute Gasteiger partial charge is 0.255 e. The van der Waals surface area contributed by atoms with E-state index < -0.39 is 0 Å². The average molecular weight is 386 g/mol. The van der Waals surface area contributed by atoms with E-state index in [-0.39, 0.29) is 11.9 Å². The lowest BCUT2D eigenvalue weighted by Gasteiger charge is -2.16. The third-order valence-corrected chi connectivity index (χ3v) is 4.52. The fourth-order valence-electron chi connectivity index (χ4n) is 2.77. The second kappa shape index (κ2) is 8.14. The standard InChI is InChI=1S/C20H20ClN3O3/c1-12(14-6-9-17(26-2)18(10-14)27-3)23-20(25)16-11-22-24-19(16)13-4-7-15(21)8-5-13/h4-12H,1-3H3,(H,22,24)(H,23,25)/t12-/m1/s1. The molecule has 1 atom stereocenters. The van der Waals surface area contributed by atoms with E-state index in [1.54, 1.807) is 26.4 Å². The Morgan fingerprint density at radius 3 is 2.48 bits per heavy atom. The maximum absolute atomic E-state index is 12.8. The molecular weight excluding hydrogens is 366 g/mol. The maximum atomic E-state index is 12.8. The molecule has 0 unspecified atom stereocenters. The fraction of sp³-hybridized carbons (Fsp3) is 0.200. The molecule has 0 aliphatic rings. The van der Waals surface area contributed by atoms with Crippen molar-refractivity contribution >= 4 is 17.5 Å². The summed E-state index contributed by atoms with van der Waals surface area (Å²) >= 11 is 5.93. The van der Waals surface area contributed by atoms with Crippen LogP contribution in [-0.4, -0.2) is 30.3 Å². The number of nitrogens with zero attached hydrogens (tertiary/aromatic N) is 1. The summed E-state index contributed by atoms with van der Waals surface area (Å²) in [6.07, 6.45) is 1.51. The number of rotatable bonds is 6. The minimum absolute atomic E-state index is 0.226. The Morgan fingerprint density at radius 1 is 1.11 bits per heavy atom. The van der Waals surface area contributed by atoms with Crippen LogP contribution in [0.1, 0.15) is 28.9 Å². The molecule has 0 bridgehead atoms. The van der Waals surface area contributed by atoms with Crippen LogP contribution >= 0.6 is 11.6 Å². The average Bonchev–Trinajstić information content (AvgIpc) is 3.17. The van der Waals surface area contributed by atoms with E-state index in [1.807, 2.05) is 37.3 Å². The molecule has 3 aromatic rings. The Hall–Kier alpha value is -2.99. The van der Waals surface area contributed by atoms with E-state index in [0.29, 0.717) is 27.8 Å². The van der Waals surface area contributed by atoms with Gasteiger partial charge in [0.2, 0.25) is 0 Å². The molecule has 1 amide bonds. The Balaban J connectivity index is 1.80. The van der Waals surface area contributed by atoms with Gasteiger partial charge in [-0.15, -0.1) is 0 Å². The number of aromatic nitrogens is 2. The van der Waals surface area contributed by atoms with Gasteiger partial charge in [-0.25, -0.2) is 0 Å². The fourth-order valence-corrected chi connectivity index (χ4v) is 2.90. The van der Waals surface area contributed by atoms with Crippen molar-refractivity contribution in [3.05, 3.63) is 64.8 Å². The Labute approximate surface area is 162 Å². The molecule has 27 heavy (non-hydrogen) atoms. The molecule has 0 fully saturated rings. The normalized spacial score (nSPS) is 11.7. The topological polar surface area (TPSA) is 76.2 Å². The van der Waals surface area contributed by atoms with Crippen LogP contribution in [-0.2, 0) is 0 Å². The predicted octanol–water partition coefficient (Wildman–Crippen LogP) is 4.24. The molecule has 1 heterocycles. The Kier molecular flexibility index (Phi) is 5.66. The molecule has 0 aliphatic carbocycles. The van der Waals surface area contributed by atoms with Gasteiger partial charge in [0.15, 0.2) is 11.5 Å². The summed E-state index contributed by atoms with van der Waals surface area (Å²) < 4.78 is 10.6. The van der Waals surface area contributed by atoms with Crippen molar-refractivity contribution < 1.29 is 14.3 Å². The lowest BCUT2D eigenvalue weighted by atomic mass is 10.1. The first-order chi connectivity index (χ1) is 13.0. The van der Waals surface area contributed by atoms with Gasteiger partial charge in [-0.05, 0) is 36.8 Å². The number of ether oxygens (including phenoxy) is 2. The van der Waals surface area contributed by atoms with Crippen LogP contribution in [0.4, 0.5) is 0 Å². The first-order valence-electron chi connectivity index (χ1n) is 8.35. The zero-order valence-electron chi connectivity index (χ0n) is 15.2. The minimum Gasteiger partial charge on any atom is -0.493 e. The van der Waals surface area contributed by atoms with Gasteiger partial charge in [-0.3, -0.25) is 9.89 Å². The molecule has 3 rings (SSSR count). The van der Waals surface area contributed by atoms with E-state index >= 15 is 0 Å². The number of methoxy groups -OCH3 is 2. The molecular formula is C20H20ClN3O3. The number of carbonyl (C=O) groups excluding carboxylic acids is 1. The number of hydrogen-bond acceptors (Lipinski definition) is 4. The van der Waals surface area contributed by atoms with Crippen LogP contribution in [0.15, 0.2) is 48.7 Å². The van der Waals surface area contributed by atoms with E-state index in [1.165, 1.54) is 6.20 Å². The van der Waals surface area contributed by atoms with Crippen molar-refractivity contribution in [3.63, 3.8) is 0 Å². The third-order valence-electron chi connectivity index (χ3n) is 4.27. The number of amides is 1. The zero-order valence-corrected chi connectivity index (χ0v) is 16.0. The van der Waals surface area contributed by atoms with Crippen molar-refractivity contribution in [2.45, 2.75) is 13.0 Å². The van der Waals surface area contributed by atoms with Gasteiger partial charge in [-0.2, -0.15) is 5.10 Å². The van der Waals surface area contributed by atoms with Crippen LogP contribution in [0.5, 0.6) is 11.5 Å². The predicted molar refractivity (Wildman–Crippen MR) is 104 cm³/mol. The molecule has 1 aromatic heterocycles. The van der Waals surface area contributed by atoms with E-state index in [0.717, 1.165) is 11.1 Å². The van der Waals surface area contributed by atoms with Gasteiger partial charge >= 0.3 is 0 Å². The van der Waals surface area contributed by atoms with Crippen molar-refractivity contribution in [1.82, 2.24) is 15.5 Å². The highest BCUT2D eigenvalue weighted by Crippen LogP contribution is 2.30. The number of carbonyl (C=O) groups is 1. The number of H-pyrrole nitrogens is 1. The van der Waals surface area contributed by atoms with Gasteiger partial charge in [-0.1, -0.05) is 29.8 Å². The number of benzene rings is 2. The van der Waals surface area contributed by atoms with Crippen LogP contribution in [0.25, 0.3) is 11.3 Å². The number of nitrogens with one attached hydrogen (secondary N) is 2. The first-order valence-corrected chi connectivity index (χ1v) is 8.73. The molecule has 0 saturated heterocycles. The van der Waals surface area contributed by atoms with Crippen LogP contribution in [0, 0.1) is 0 Å². The third kappa shape index (κ3) is 4.06. The highest BCUT2D eigenvalue weighted by Gasteiger charge is 2.18. The lowest BCUT2D eigenvalue weighted by molar-refractivity contribution is 0.0940. The second-order valence-corrected chi connectivity index (χ2v) is 6.41. The summed E-state index contributed by atoms with van der Waals surface area (Å²) in [6, 6.07) is 12.5. The first kappa shape index (κ1) is 18.8. The van der Waals surface area contributed by atoms with Gasteiger partial charge in [0.05, 0.1) is 37.7 Å². The monoisotopic (exact) mass is 385 g/mol. The minimum atomic E-state index is -0.231. The summed E-state index contributed by atoms with van der Waals surface area (Å²) in [7, 11) is 3.16. The quantitative estimate of drug-likeness (QED) is 0.665. The van der Waals surface area contributed by atoms with Gasteiger partial charge in [0, 0.05) is 10.6 Å². The SMILES string of the molecule is COc1ccc([C@@H](C)NC(=O)c2cn[nH]c2-c2ccc(Cl)cc2)cc1OC. The van der Waals surface area contributed by atoms with Crippen molar-refractivity contribution in [1.29, 1.82) is 0 Å². The summed E-state index contributed by atoms with van der Waals surface area (Å²) in [4.78, 5) is 12.8. The van der Waals surface area contributed by atoms with Crippen LogP contribution < -0.4 is 14.8 Å².